The molecule has 0 aliphatic heterocycles. The summed E-state index contributed by atoms with van der Waals surface area (Å²) < 4.78 is 6.04. The van der Waals surface area contributed by atoms with Crippen molar-refractivity contribution in [2.45, 2.75) is 26.8 Å². The number of hydrogen-bond donors (Lipinski definition) is 0. The summed E-state index contributed by atoms with van der Waals surface area (Å²) in [5.74, 6) is -0.458. The lowest BCUT2D eigenvalue weighted by molar-refractivity contribution is -0.385. The van der Waals surface area contributed by atoms with Crippen molar-refractivity contribution < 1.29 is 14.5 Å². The van der Waals surface area contributed by atoms with Crippen molar-refractivity contribution in [3.8, 4) is 0 Å². The van der Waals surface area contributed by atoms with Crippen LogP contribution in [0.25, 0.3) is 0 Å². The van der Waals surface area contributed by atoms with Gasteiger partial charge in [-0.1, -0.05) is 0 Å². The van der Waals surface area contributed by atoms with Crippen LogP contribution in [-0.4, -0.2) is 27.3 Å². The molecule has 16 heavy (non-hydrogen) atoms. The van der Waals surface area contributed by atoms with E-state index in [2.05, 4.69) is 5.10 Å². The molecule has 0 fully saturated rings. The van der Waals surface area contributed by atoms with Gasteiger partial charge in [0.25, 0.3) is 0 Å². The van der Waals surface area contributed by atoms with Gasteiger partial charge in [-0.15, -0.1) is 0 Å². The number of hydrogen-bond acceptors (Lipinski definition) is 5. The average Bonchev–Trinajstić information content (AvgIpc) is 2.59. The first-order valence-electron chi connectivity index (χ1n) is 4.84. The molecule has 1 rings (SSSR count). The Kier molecular flexibility index (Phi) is 3.60. The van der Waals surface area contributed by atoms with Gasteiger partial charge in [-0.25, -0.2) is 4.79 Å². The van der Waals surface area contributed by atoms with Crippen molar-refractivity contribution in [2.75, 3.05) is 6.61 Å². The van der Waals surface area contributed by atoms with Crippen molar-refractivity contribution >= 4 is 11.7 Å². The quantitative estimate of drug-likeness (QED) is 0.438. The van der Waals surface area contributed by atoms with Gasteiger partial charge in [-0.05, 0) is 20.8 Å². The fourth-order valence-corrected chi connectivity index (χ4v) is 1.22. The summed E-state index contributed by atoms with van der Waals surface area (Å²) in [4.78, 5) is 21.4. The molecule has 1 heterocycles. The summed E-state index contributed by atoms with van der Waals surface area (Å²) in [5, 5.41) is 14.5. The number of ether oxygens (including phenoxy) is 1. The third-order valence-corrected chi connectivity index (χ3v) is 2.11. The van der Waals surface area contributed by atoms with Crippen LogP contribution in [0.2, 0.25) is 0 Å². The van der Waals surface area contributed by atoms with E-state index in [4.69, 9.17) is 4.74 Å². The minimum absolute atomic E-state index is 0.101. The molecule has 1 aromatic heterocycles. The summed E-state index contributed by atoms with van der Waals surface area (Å²) in [6.45, 7) is 5.06. The maximum absolute atomic E-state index is 11.4. The molecule has 0 aromatic carbocycles. The molecule has 0 radical (unpaired) electrons. The van der Waals surface area contributed by atoms with Crippen LogP contribution in [-0.2, 0) is 9.53 Å². The van der Waals surface area contributed by atoms with E-state index < -0.39 is 16.9 Å². The largest absolute Gasteiger partial charge is 0.464 e. The number of aromatic nitrogens is 2. The first-order chi connectivity index (χ1) is 7.47. The maximum Gasteiger partial charge on any atom is 0.330 e. The number of rotatable bonds is 4. The normalized spacial score (nSPS) is 12.2. The summed E-state index contributed by atoms with van der Waals surface area (Å²) in [6, 6.07) is -0.660. The molecular weight excluding hydrogens is 214 g/mol. The second kappa shape index (κ2) is 4.73. The molecule has 0 bridgehead atoms. The van der Waals surface area contributed by atoms with Gasteiger partial charge in [0.2, 0.25) is 0 Å². The fourth-order valence-electron chi connectivity index (χ4n) is 1.22. The lowest BCUT2D eigenvalue weighted by Crippen LogP contribution is -2.19. The summed E-state index contributed by atoms with van der Waals surface area (Å²) >= 11 is 0. The highest BCUT2D eigenvalue weighted by atomic mass is 16.6. The Morgan fingerprint density at radius 3 is 2.81 bits per heavy atom. The van der Waals surface area contributed by atoms with Gasteiger partial charge in [0.05, 0.1) is 11.5 Å². The van der Waals surface area contributed by atoms with E-state index in [0.29, 0.717) is 0 Å². The van der Waals surface area contributed by atoms with Crippen LogP contribution in [0, 0.1) is 17.0 Å². The van der Waals surface area contributed by atoms with E-state index in [-0.39, 0.29) is 18.0 Å². The molecular formula is C9H13N3O4. The Bertz CT molecular complexity index is 413. The van der Waals surface area contributed by atoms with E-state index in [9.17, 15) is 14.9 Å². The molecule has 0 aliphatic carbocycles. The Morgan fingerprint density at radius 2 is 2.38 bits per heavy atom. The van der Waals surface area contributed by atoms with Crippen LogP contribution in [0.3, 0.4) is 0 Å². The van der Waals surface area contributed by atoms with Crippen molar-refractivity contribution in [2.24, 2.45) is 0 Å². The third-order valence-electron chi connectivity index (χ3n) is 2.11. The summed E-state index contributed by atoms with van der Waals surface area (Å²) in [6.07, 6.45) is 1.23. The van der Waals surface area contributed by atoms with Crippen LogP contribution in [0.4, 0.5) is 5.69 Å². The Labute approximate surface area is 92.2 Å². The molecule has 7 heteroatoms. The van der Waals surface area contributed by atoms with Crippen molar-refractivity contribution in [1.29, 1.82) is 0 Å². The third kappa shape index (κ3) is 2.36. The van der Waals surface area contributed by atoms with Gasteiger partial charge in [-0.2, -0.15) is 5.10 Å². The number of esters is 1. The number of carbonyl (C=O) groups is 1. The molecule has 0 saturated heterocycles. The molecule has 0 N–H and O–H groups in total. The first-order valence-corrected chi connectivity index (χ1v) is 4.84. The molecule has 0 saturated carbocycles. The van der Waals surface area contributed by atoms with Crippen molar-refractivity contribution in [3.63, 3.8) is 0 Å². The van der Waals surface area contributed by atoms with Crippen molar-refractivity contribution in [3.05, 3.63) is 22.0 Å². The summed E-state index contributed by atoms with van der Waals surface area (Å²) in [5.41, 5.74) is 0.178. The molecule has 0 amide bonds. The Hall–Kier alpha value is -1.92. The topological polar surface area (TPSA) is 87.3 Å². The zero-order valence-corrected chi connectivity index (χ0v) is 9.34. The molecule has 0 spiro atoms. The second-order valence-electron chi connectivity index (χ2n) is 3.26. The molecule has 88 valence electrons. The predicted octanol–water partition coefficient (Wildman–Crippen LogP) is 1.22. The monoisotopic (exact) mass is 227 g/mol. The van der Waals surface area contributed by atoms with E-state index >= 15 is 0 Å². The molecule has 7 nitrogen and oxygen atoms in total. The number of nitro groups is 1. The van der Waals surface area contributed by atoms with E-state index in [0.717, 1.165) is 0 Å². The minimum atomic E-state index is -0.660. The van der Waals surface area contributed by atoms with E-state index in [1.165, 1.54) is 17.8 Å². The molecule has 1 unspecified atom stereocenters. The van der Waals surface area contributed by atoms with Crippen molar-refractivity contribution in [1.82, 2.24) is 9.78 Å². The van der Waals surface area contributed by atoms with Gasteiger partial charge in [0, 0.05) is 0 Å². The Balaban J connectivity index is 2.92. The lowest BCUT2D eigenvalue weighted by atomic mass is 10.3. The number of aryl methyl sites for hydroxylation is 1. The van der Waals surface area contributed by atoms with Gasteiger partial charge >= 0.3 is 11.7 Å². The molecule has 1 atom stereocenters. The maximum atomic E-state index is 11.4. The van der Waals surface area contributed by atoms with Gasteiger partial charge in [0.1, 0.15) is 17.9 Å². The van der Waals surface area contributed by atoms with Crippen LogP contribution in [0.5, 0.6) is 0 Å². The van der Waals surface area contributed by atoms with Crippen LogP contribution >= 0.6 is 0 Å². The molecule has 0 aliphatic rings. The van der Waals surface area contributed by atoms with Crippen LogP contribution in [0.1, 0.15) is 25.6 Å². The number of nitrogens with zero attached hydrogens (tertiary/aromatic N) is 3. The van der Waals surface area contributed by atoms with Crippen LogP contribution in [0.15, 0.2) is 6.20 Å². The average molecular weight is 227 g/mol. The fraction of sp³-hybridized carbons (Fsp3) is 0.556. The Morgan fingerprint density at radius 1 is 1.75 bits per heavy atom. The highest BCUT2D eigenvalue weighted by molar-refractivity contribution is 5.73. The van der Waals surface area contributed by atoms with Gasteiger partial charge in [0.15, 0.2) is 0 Å². The first kappa shape index (κ1) is 12.2. The smallest absolute Gasteiger partial charge is 0.330 e. The zero-order valence-electron chi connectivity index (χ0n) is 9.34. The SMILES string of the molecule is CCOC(=O)C(C)n1cc([N+](=O)[O-])c(C)n1. The van der Waals surface area contributed by atoms with Crippen LogP contribution < -0.4 is 0 Å². The van der Waals surface area contributed by atoms with E-state index in [1.807, 2.05) is 0 Å². The highest BCUT2D eigenvalue weighted by Gasteiger charge is 2.22. The lowest BCUT2D eigenvalue weighted by Gasteiger charge is -2.09. The highest BCUT2D eigenvalue weighted by Crippen LogP contribution is 2.18. The predicted molar refractivity (Wildman–Crippen MR) is 55.0 cm³/mol. The summed E-state index contributed by atoms with van der Waals surface area (Å²) in [7, 11) is 0. The van der Waals surface area contributed by atoms with Gasteiger partial charge < -0.3 is 4.74 Å². The standard InChI is InChI=1S/C9H13N3O4/c1-4-16-9(13)7(3)11-5-8(12(14)15)6(2)10-11/h5,7H,4H2,1-3H3. The molecule has 1 aromatic rings. The van der Waals surface area contributed by atoms with E-state index in [1.54, 1.807) is 13.8 Å². The van der Waals surface area contributed by atoms with Gasteiger partial charge in [-0.3, -0.25) is 14.8 Å². The minimum Gasteiger partial charge on any atom is -0.464 e. The number of carbonyl (C=O) groups excluding carboxylic acids is 1. The zero-order chi connectivity index (χ0) is 12.3. The second-order valence-corrected chi connectivity index (χ2v) is 3.26.